The lowest BCUT2D eigenvalue weighted by Crippen LogP contribution is -2.22. The molecular formula is C13H20N2O2. The predicted molar refractivity (Wildman–Crippen MR) is 70.4 cm³/mol. The first kappa shape index (κ1) is 13.5. The number of hydrogen-bond donors (Lipinski definition) is 1. The largest absolute Gasteiger partial charge is 0.379 e. The second-order valence-electron chi connectivity index (χ2n) is 5.10. The summed E-state index contributed by atoms with van der Waals surface area (Å²) in [6, 6.07) is 5.36. The van der Waals surface area contributed by atoms with Gasteiger partial charge in [0.15, 0.2) is 0 Å². The molecule has 0 atom stereocenters. The van der Waals surface area contributed by atoms with Gasteiger partial charge in [-0.05, 0) is 24.8 Å². The van der Waals surface area contributed by atoms with Crippen LogP contribution in [-0.2, 0) is 0 Å². The molecule has 0 amide bonds. The van der Waals surface area contributed by atoms with Crippen molar-refractivity contribution in [2.45, 2.75) is 34.1 Å². The number of nitro benzene ring substituents is 1. The molecule has 1 aromatic carbocycles. The third-order valence-electron chi connectivity index (χ3n) is 3.13. The first-order chi connectivity index (χ1) is 7.87. The quantitative estimate of drug-likeness (QED) is 0.625. The molecule has 0 radical (unpaired) electrons. The van der Waals surface area contributed by atoms with E-state index in [1.165, 1.54) is 0 Å². The fourth-order valence-electron chi connectivity index (χ4n) is 1.50. The van der Waals surface area contributed by atoms with Crippen molar-refractivity contribution in [3.05, 3.63) is 33.9 Å². The minimum Gasteiger partial charge on any atom is -0.379 e. The number of benzene rings is 1. The van der Waals surface area contributed by atoms with Crippen LogP contribution in [0.15, 0.2) is 18.2 Å². The molecule has 0 aliphatic rings. The summed E-state index contributed by atoms with van der Waals surface area (Å²) in [5.74, 6) is 0. The van der Waals surface area contributed by atoms with Gasteiger partial charge in [-0.15, -0.1) is 0 Å². The lowest BCUT2D eigenvalue weighted by Gasteiger charge is -2.23. The van der Waals surface area contributed by atoms with Gasteiger partial charge in [-0.1, -0.05) is 32.9 Å². The van der Waals surface area contributed by atoms with E-state index >= 15 is 0 Å². The zero-order valence-electron chi connectivity index (χ0n) is 10.9. The molecule has 4 nitrogen and oxygen atoms in total. The van der Waals surface area contributed by atoms with Crippen LogP contribution in [0.3, 0.4) is 0 Å². The lowest BCUT2D eigenvalue weighted by atomic mass is 9.90. The van der Waals surface area contributed by atoms with Crippen molar-refractivity contribution >= 4 is 11.4 Å². The fraction of sp³-hybridized carbons (Fsp3) is 0.538. The van der Waals surface area contributed by atoms with Crippen LogP contribution in [0.1, 0.15) is 32.8 Å². The smallest absolute Gasteiger partial charge is 0.295 e. The molecule has 4 heteroatoms. The van der Waals surface area contributed by atoms with Gasteiger partial charge in [-0.3, -0.25) is 10.1 Å². The SMILES string of the molecule is CCC(C)(C)CNc1cccc(C)c1[N+](=O)[O-]. The number of nitrogens with zero attached hydrogens (tertiary/aromatic N) is 1. The van der Waals surface area contributed by atoms with Crippen molar-refractivity contribution in [1.29, 1.82) is 0 Å². The number of hydrogen-bond acceptors (Lipinski definition) is 3. The zero-order chi connectivity index (χ0) is 13.1. The normalized spacial score (nSPS) is 11.3. The van der Waals surface area contributed by atoms with E-state index < -0.39 is 0 Å². The number of anilines is 1. The molecule has 1 N–H and O–H groups in total. The van der Waals surface area contributed by atoms with Crippen LogP contribution >= 0.6 is 0 Å². The van der Waals surface area contributed by atoms with Gasteiger partial charge in [0.25, 0.3) is 5.69 Å². The highest BCUT2D eigenvalue weighted by atomic mass is 16.6. The highest BCUT2D eigenvalue weighted by Crippen LogP contribution is 2.29. The summed E-state index contributed by atoms with van der Waals surface area (Å²) in [5, 5.41) is 14.2. The Bertz CT molecular complexity index is 414. The van der Waals surface area contributed by atoms with E-state index in [0.29, 0.717) is 11.3 Å². The molecule has 1 aromatic rings. The molecule has 0 unspecified atom stereocenters. The minimum absolute atomic E-state index is 0.137. The summed E-state index contributed by atoms with van der Waals surface area (Å²) in [6.45, 7) is 8.89. The van der Waals surface area contributed by atoms with Gasteiger partial charge >= 0.3 is 0 Å². The summed E-state index contributed by atoms with van der Waals surface area (Å²) >= 11 is 0. The maximum atomic E-state index is 11.0. The van der Waals surface area contributed by atoms with Crippen LogP contribution in [0.5, 0.6) is 0 Å². The molecule has 0 aliphatic heterocycles. The van der Waals surface area contributed by atoms with Gasteiger partial charge in [-0.25, -0.2) is 0 Å². The van der Waals surface area contributed by atoms with E-state index in [4.69, 9.17) is 0 Å². The number of rotatable bonds is 5. The van der Waals surface area contributed by atoms with Gasteiger partial charge in [0.2, 0.25) is 0 Å². The molecule has 0 spiro atoms. The summed E-state index contributed by atoms with van der Waals surface area (Å²) in [7, 11) is 0. The van der Waals surface area contributed by atoms with Crippen LogP contribution in [0, 0.1) is 22.5 Å². The summed E-state index contributed by atoms with van der Waals surface area (Å²) in [6.07, 6.45) is 1.03. The molecule has 0 heterocycles. The standard InChI is InChI=1S/C13H20N2O2/c1-5-13(3,4)9-14-11-8-6-7-10(2)12(11)15(16)17/h6-8,14H,5,9H2,1-4H3. The zero-order valence-corrected chi connectivity index (χ0v) is 10.9. The third kappa shape index (κ3) is 3.44. The van der Waals surface area contributed by atoms with E-state index in [1.807, 2.05) is 6.07 Å². The van der Waals surface area contributed by atoms with Crippen LogP contribution in [0.2, 0.25) is 0 Å². The Morgan fingerprint density at radius 1 is 1.41 bits per heavy atom. The van der Waals surface area contributed by atoms with Gasteiger partial charge in [-0.2, -0.15) is 0 Å². The number of nitrogens with one attached hydrogen (secondary N) is 1. The van der Waals surface area contributed by atoms with E-state index in [-0.39, 0.29) is 16.0 Å². The maximum absolute atomic E-state index is 11.0. The van der Waals surface area contributed by atoms with Crippen LogP contribution in [0.4, 0.5) is 11.4 Å². The second-order valence-corrected chi connectivity index (χ2v) is 5.10. The Labute approximate surface area is 102 Å². The van der Waals surface area contributed by atoms with Crippen LogP contribution in [0.25, 0.3) is 0 Å². The average Bonchev–Trinajstić information content (AvgIpc) is 2.26. The predicted octanol–water partition coefficient (Wildman–Crippen LogP) is 3.75. The molecule has 0 aliphatic carbocycles. The van der Waals surface area contributed by atoms with Crippen molar-refractivity contribution < 1.29 is 4.92 Å². The van der Waals surface area contributed by atoms with Crippen molar-refractivity contribution in [3.8, 4) is 0 Å². The van der Waals surface area contributed by atoms with Crippen molar-refractivity contribution in [2.75, 3.05) is 11.9 Å². The topological polar surface area (TPSA) is 55.2 Å². The van der Waals surface area contributed by atoms with Crippen molar-refractivity contribution in [1.82, 2.24) is 0 Å². The monoisotopic (exact) mass is 236 g/mol. The molecular weight excluding hydrogens is 216 g/mol. The second kappa shape index (κ2) is 5.17. The average molecular weight is 236 g/mol. The highest BCUT2D eigenvalue weighted by molar-refractivity contribution is 5.65. The number of nitro groups is 1. The van der Waals surface area contributed by atoms with Crippen LogP contribution < -0.4 is 5.32 Å². The molecule has 0 saturated heterocycles. The Balaban J connectivity index is 2.92. The Morgan fingerprint density at radius 2 is 2.06 bits per heavy atom. The van der Waals surface area contributed by atoms with Gasteiger partial charge in [0.1, 0.15) is 5.69 Å². The third-order valence-corrected chi connectivity index (χ3v) is 3.13. The molecule has 17 heavy (non-hydrogen) atoms. The van der Waals surface area contributed by atoms with Gasteiger partial charge in [0.05, 0.1) is 4.92 Å². The Hall–Kier alpha value is -1.58. The Kier molecular flexibility index (Phi) is 4.10. The summed E-state index contributed by atoms with van der Waals surface area (Å²) in [5.41, 5.74) is 1.61. The van der Waals surface area contributed by atoms with E-state index in [0.717, 1.165) is 13.0 Å². The first-order valence-corrected chi connectivity index (χ1v) is 5.85. The highest BCUT2D eigenvalue weighted by Gasteiger charge is 2.20. The van der Waals surface area contributed by atoms with Gasteiger partial charge < -0.3 is 5.32 Å². The number of aryl methyl sites for hydroxylation is 1. The maximum Gasteiger partial charge on any atom is 0.295 e. The van der Waals surface area contributed by atoms with E-state index in [1.54, 1.807) is 19.1 Å². The molecule has 0 bridgehead atoms. The molecule has 0 fully saturated rings. The number of para-hydroxylation sites is 1. The van der Waals surface area contributed by atoms with E-state index in [9.17, 15) is 10.1 Å². The first-order valence-electron chi connectivity index (χ1n) is 5.85. The Morgan fingerprint density at radius 3 is 2.59 bits per heavy atom. The molecule has 94 valence electrons. The lowest BCUT2D eigenvalue weighted by molar-refractivity contribution is -0.384. The molecule has 1 rings (SSSR count). The minimum atomic E-state index is -0.323. The van der Waals surface area contributed by atoms with Crippen molar-refractivity contribution in [2.24, 2.45) is 5.41 Å². The molecule has 0 aromatic heterocycles. The van der Waals surface area contributed by atoms with Gasteiger partial charge in [0, 0.05) is 12.1 Å². The fourth-order valence-corrected chi connectivity index (χ4v) is 1.50. The summed E-state index contributed by atoms with van der Waals surface area (Å²) < 4.78 is 0. The van der Waals surface area contributed by atoms with E-state index in [2.05, 4.69) is 26.1 Å². The molecule has 0 saturated carbocycles. The van der Waals surface area contributed by atoms with Crippen molar-refractivity contribution in [3.63, 3.8) is 0 Å². The van der Waals surface area contributed by atoms with Crippen LogP contribution in [-0.4, -0.2) is 11.5 Å². The summed E-state index contributed by atoms with van der Waals surface area (Å²) in [4.78, 5) is 10.7.